The van der Waals surface area contributed by atoms with E-state index in [1.807, 2.05) is 54.1 Å². The van der Waals surface area contributed by atoms with Crippen molar-refractivity contribution in [3.8, 4) is 11.3 Å². The zero-order valence-corrected chi connectivity index (χ0v) is 13.1. The average molecular weight is 312 g/mol. The maximum Gasteiger partial charge on any atom is 0.306 e. The van der Waals surface area contributed by atoms with Crippen LogP contribution in [0.1, 0.15) is 23.3 Å². The van der Waals surface area contributed by atoms with Crippen molar-refractivity contribution in [1.82, 2.24) is 9.47 Å². The van der Waals surface area contributed by atoms with Crippen molar-refractivity contribution in [3.05, 3.63) is 48.2 Å². The molecule has 3 rings (SSSR count). The lowest BCUT2D eigenvalue weighted by Crippen LogP contribution is -2.40. The van der Waals surface area contributed by atoms with Gasteiger partial charge in [0.15, 0.2) is 0 Å². The number of piperidine rings is 1. The van der Waals surface area contributed by atoms with Gasteiger partial charge in [-0.1, -0.05) is 30.3 Å². The second-order valence-corrected chi connectivity index (χ2v) is 5.93. The Morgan fingerprint density at radius 1 is 1.04 bits per heavy atom. The molecule has 0 saturated carbocycles. The molecule has 0 bridgehead atoms. The minimum Gasteiger partial charge on any atom is -0.481 e. The van der Waals surface area contributed by atoms with Crippen molar-refractivity contribution in [1.29, 1.82) is 0 Å². The highest BCUT2D eigenvalue weighted by molar-refractivity contribution is 5.94. The zero-order chi connectivity index (χ0) is 16.4. The number of amides is 1. The molecule has 2 aromatic rings. The van der Waals surface area contributed by atoms with Gasteiger partial charge in [0.25, 0.3) is 5.91 Å². The van der Waals surface area contributed by atoms with Gasteiger partial charge in [0.05, 0.1) is 5.92 Å². The van der Waals surface area contributed by atoms with Gasteiger partial charge in [-0.2, -0.15) is 0 Å². The van der Waals surface area contributed by atoms with Crippen molar-refractivity contribution in [2.24, 2.45) is 13.0 Å². The summed E-state index contributed by atoms with van der Waals surface area (Å²) in [5, 5.41) is 9.05. The molecular formula is C18H20N2O3. The first kappa shape index (κ1) is 15.3. The highest BCUT2D eigenvalue weighted by Crippen LogP contribution is 2.24. The standard InChI is InChI=1S/C18H20N2O3/c1-19-15(13-5-3-2-4-6-13)7-8-16(19)17(21)20-11-9-14(10-12-20)18(22)23/h2-8,14H,9-12H2,1H3,(H,22,23). The Balaban J connectivity index is 1.77. The second kappa shape index (κ2) is 6.28. The van der Waals surface area contributed by atoms with Crippen molar-refractivity contribution in [2.75, 3.05) is 13.1 Å². The first-order valence-electron chi connectivity index (χ1n) is 7.81. The normalized spacial score (nSPS) is 15.6. The van der Waals surface area contributed by atoms with E-state index in [0.29, 0.717) is 31.6 Å². The molecule has 2 heterocycles. The number of carbonyl (C=O) groups excluding carboxylic acids is 1. The molecule has 1 aliphatic heterocycles. The first-order valence-corrected chi connectivity index (χ1v) is 7.81. The predicted molar refractivity (Wildman–Crippen MR) is 87.1 cm³/mol. The Morgan fingerprint density at radius 3 is 2.30 bits per heavy atom. The van der Waals surface area contributed by atoms with Crippen LogP contribution < -0.4 is 0 Å². The van der Waals surface area contributed by atoms with E-state index in [0.717, 1.165) is 11.3 Å². The van der Waals surface area contributed by atoms with Crippen LogP contribution in [0.3, 0.4) is 0 Å². The molecular weight excluding hydrogens is 292 g/mol. The number of hydrogen-bond acceptors (Lipinski definition) is 2. The summed E-state index contributed by atoms with van der Waals surface area (Å²) < 4.78 is 1.90. The minimum absolute atomic E-state index is 0.0291. The third kappa shape index (κ3) is 2.99. The van der Waals surface area contributed by atoms with Crippen molar-refractivity contribution < 1.29 is 14.7 Å². The second-order valence-electron chi connectivity index (χ2n) is 5.93. The highest BCUT2D eigenvalue weighted by atomic mass is 16.4. The summed E-state index contributed by atoms with van der Waals surface area (Å²) in [7, 11) is 1.89. The van der Waals surface area contributed by atoms with E-state index in [9.17, 15) is 9.59 Å². The van der Waals surface area contributed by atoms with E-state index in [1.165, 1.54) is 0 Å². The maximum atomic E-state index is 12.7. The smallest absolute Gasteiger partial charge is 0.306 e. The van der Waals surface area contributed by atoms with E-state index >= 15 is 0 Å². The molecule has 1 N–H and O–H groups in total. The summed E-state index contributed by atoms with van der Waals surface area (Å²) in [4.78, 5) is 25.5. The van der Waals surface area contributed by atoms with E-state index in [2.05, 4.69) is 0 Å². The summed E-state index contributed by atoms with van der Waals surface area (Å²) in [6, 6.07) is 13.7. The number of benzene rings is 1. The van der Waals surface area contributed by atoms with Gasteiger partial charge < -0.3 is 14.6 Å². The van der Waals surface area contributed by atoms with Gasteiger partial charge in [-0.3, -0.25) is 9.59 Å². The lowest BCUT2D eigenvalue weighted by molar-refractivity contribution is -0.143. The van der Waals surface area contributed by atoms with Gasteiger partial charge in [-0.05, 0) is 30.5 Å². The summed E-state index contributed by atoms with van der Waals surface area (Å²) in [5.74, 6) is -1.12. The lowest BCUT2D eigenvalue weighted by atomic mass is 9.97. The van der Waals surface area contributed by atoms with Crippen LogP contribution in [0, 0.1) is 5.92 Å². The third-order valence-corrected chi connectivity index (χ3v) is 4.54. The fraction of sp³-hybridized carbons (Fsp3) is 0.333. The maximum absolute atomic E-state index is 12.7. The Bertz CT molecular complexity index is 713. The van der Waals surface area contributed by atoms with Gasteiger partial charge in [-0.25, -0.2) is 0 Å². The molecule has 0 unspecified atom stereocenters. The predicted octanol–water partition coefficient (Wildman–Crippen LogP) is 2.63. The topological polar surface area (TPSA) is 62.5 Å². The lowest BCUT2D eigenvalue weighted by Gasteiger charge is -2.30. The molecule has 0 aliphatic carbocycles. The average Bonchev–Trinajstić information content (AvgIpc) is 2.96. The molecule has 1 fully saturated rings. The Morgan fingerprint density at radius 2 is 1.70 bits per heavy atom. The van der Waals surface area contributed by atoms with E-state index in [1.54, 1.807) is 4.90 Å². The van der Waals surface area contributed by atoms with Gasteiger partial charge in [0.2, 0.25) is 0 Å². The Labute approximate surface area is 135 Å². The number of carbonyl (C=O) groups is 2. The van der Waals surface area contributed by atoms with Gasteiger partial charge >= 0.3 is 5.97 Å². The van der Waals surface area contributed by atoms with E-state index in [4.69, 9.17) is 5.11 Å². The van der Waals surface area contributed by atoms with Gasteiger partial charge in [0, 0.05) is 25.8 Å². The van der Waals surface area contributed by atoms with Gasteiger partial charge in [-0.15, -0.1) is 0 Å². The fourth-order valence-electron chi connectivity index (χ4n) is 3.12. The molecule has 1 aromatic heterocycles. The van der Waals surface area contributed by atoms with E-state index in [-0.39, 0.29) is 11.8 Å². The molecule has 1 amide bonds. The van der Waals surface area contributed by atoms with Crippen LogP contribution in [0.2, 0.25) is 0 Å². The van der Waals surface area contributed by atoms with Crippen molar-refractivity contribution in [3.63, 3.8) is 0 Å². The minimum atomic E-state index is -0.762. The summed E-state index contributed by atoms with van der Waals surface area (Å²) >= 11 is 0. The molecule has 120 valence electrons. The van der Waals surface area contributed by atoms with Crippen LogP contribution in [0.25, 0.3) is 11.3 Å². The molecule has 1 aromatic carbocycles. The molecule has 1 saturated heterocycles. The van der Waals surface area contributed by atoms with Crippen LogP contribution in [0.15, 0.2) is 42.5 Å². The number of hydrogen-bond donors (Lipinski definition) is 1. The van der Waals surface area contributed by atoms with Crippen molar-refractivity contribution >= 4 is 11.9 Å². The van der Waals surface area contributed by atoms with E-state index < -0.39 is 5.97 Å². The zero-order valence-electron chi connectivity index (χ0n) is 13.1. The quantitative estimate of drug-likeness (QED) is 0.947. The molecule has 5 heteroatoms. The number of nitrogens with zero attached hydrogens (tertiary/aromatic N) is 2. The summed E-state index contributed by atoms with van der Waals surface area (Å²) in [6.07, 6.45) is 1.05. The van der Waals surface area contributed by atoms with Crippen LogP contribution in [-0.4, -0.2) is 39.5 Å². The van der Waals surface area contributed by atoms with Crippen LogP contribution in [0.5, 0.6) is 0 Å². The molecule has 0 radical (unpaired) electrons. The molecule has 5 nitrogen and oxygen atoms in total. The summed E-state index contributed by atoms with van der Waals surface area (Å²) in [6.45, 7) is 1.00. The molecule has 0 spiro atoms. The largest absolute Gasteiger partial charge is 0.481 e. The number of rotatable bonds is 3. The third-order valence-electron chi connectivity index (χ3n) is 4.54. The van der Waals surface area contributed by atoms with Crippen LogP contribution >= 0.6 is 0 Å². The highest BCUT2D eigenvalue weighted by Gasteiger charge is 2.28. The molecule has 1 aliphatic rings. The number of likely N-dealkylation sites (tertiary alicyclic amines) is 1. The van der Waals surface area contributed by atoms with Crippen LogP contribution in [-0.2, 0) is 11.8 Å². The van der Waals surface area contributed by atoms with Crippen LogP contribution in [0.4, 0.5) is 0 Å². The Hall–Kier alpha value is -2.56. The molecule has 0 atom stereocenters. The number of carboxylic acids is 1. The van der Waals surface area contributed by atoms with Crippen molar-refractivity contribution in [2.45, 2.75) is 12.8 Å². The summed E-state index contributed by atoms with van der Waals surface area (Å²) in [5.41, 5.74) is 2.70. The molecule has 23 heavy (non-hydrogen) atoms. The first-order chi connectivity index (χ1) is 11.1. The number of aliphatic carboxylic acids is 1. The number of carboxylic acid groups (broad SMARTS) is 1. The van der Waals surface area contributed by atoms with Gasteiger partial charge in [0.1, 0.15) is 5.69 Å². The fourth-order valence-corrected chi connectivity index (χ4v) is 3.12. The SMILES string of the molecule is Cn1c(C(=O)N2CCC(C(=O)O)CC2)ccc1-c1ccccc1. The monoisotopic (exact) mass is 312 g/mol. The number of aromatic nitrogens is 1. The Kier molecular flexibility index (Phi) is 4.19.